The fourth-order valence-electron chi connectivity index (χ4n) is 3.49. The van der Waals surface area contributed by atoms with Crippen LogP contribution in [0, 0.1) is 12.7 Å². The number of hydrogen-bond acceptors (Lipinski definition) is 5. The third-order valence-electron chi connectivity index (χ3n) is 5.06. The largest absolute Gasteiger partial charge is 0.487 e. The summed E-state index contributed by atoms with van der Waals surface area (Å²) in [5.74, 6) is -3.48. The number of furan rings is 1. The van der Waals surface area contributed by atoms with Gasteiger partial charge < -0.3 is 19.8 Å². The molecule has 0 radical (unpaired) electrons. The second-order valence-corrected chi connectivity index (χ2v) is 7.16. The number of nitrogens with zero attached hydrogens (tertiary/aromatic N) is 1. The third kappa shape index (κ3) is 3.97. The van der Waals surface area contributed by atoms with Crippen LogP contribution in [0.25, 0.3) is 11.0 Å². The van der Waals surface area contributed by atoms with E-state index in [2.05, 4.69) is 15.6 Å². The molecule has 1 aliphatic heterocycles. The molecule has 1 unspecified atom stereocenters. The van der Waals surface area contributed by atoms with Crippen molar-refractivity contribution in [2.45, 2.75) is 31.9 Å². The normalized spacial score (nSPS) is 18.3. The molecule has 1 saturated heterocycles. The molecule has 2 aromatic heterocycles. The predicted molar refractivity (Wildman–Crippen MR) is 103 cm³/mol. The number of hydrogen-bond donors (Lipinski definition) is 2. The van der Waals surface area contributed by atoms with E-state index in [-0.39, 0.29) is 24.3 Å². The number of amides is 1. The molecule has 1 amide bonds. The number of piperidine rings is 1. The van der Waals surface area contributed by atoms with Crippen LogP contribution in [-0.2, 0) is 6.61 Å². The average Bonchev–Trinajstić information content (AvgIpc) is 3.04. The van der Waals surface area contributed by atoms with Crippen LogP contribution in [0.15, 0.2) is 40.9 Å². The number of nitrogens with one attached hydrogen (secondary N) is 2. The van der Waals surface area contributed by atoms with Gasteiger partial charge >= 0.3 is 0 Å². The van der Waals surface area contributed by atoms with Gasteiger partial charge in [0.1, 0.15) is 35.2 Å². The second-order valence-electron chi connectivity index (χ2n) is 7.16. The van der Waals surface area contributed by atoms with Crippen LogP contribution in [0.4, 0.5) is 13.2 Å². The molecular formula is C21H20F3N3O3. The van der Waals surface area contributed by atoms with Gasteiger partial charge in [-0.3, -0.25) is 9.78 Å². The molecule has 1 atom stereocenters. The Morgan fingerprint density at radius 3 is 3.00 bits per heavy atom. The van der Waals surface area contributed by atoms with Gasteiger partial charge in [-0.2, -0.15) is 0 Å². The van der Waals surface area contributed by atoms with E-state index in [0.717, 1.165) is 0 Å². The number of rotatable bonds is 5. The SMILES string of the molecule is Cc1oc2ccc(OCc3ncccc3F)cc2c1C(=O)NC1CCNCC1(F)F. The Morgan fingerprint density at radius 1 is 1.40 bits per heavy atom. The number of aryl methyl sites for hydroxylation is 1. The number of halogens is 3. The van der Waals surface area contributed by atoms with Crippen LogP contribution in [0.3, 0.4) is 0 Å². The monoisotopic (exact) mass is 419 g/mol. The fraction of sp³-hybridized carbons (Fsp3) is 0.333. The van der Waals surface area contributed by atoms with Gasteiger partial charge in [-0.05, 0) is 50.2 Å². The van der Waals surface area contributed by atoms with Gasteiger partial charge in [0.05, 0.1) is 18.2 Å². The second kappa shape index (κ2) is 7.98. The Hall–Kier alpha value is -3.07. The molecule has 0 saturated carbocycles. The van der Waals surface area contributed by atoms with Crippen LogP contribution >= 0.6 is 0 Å². The first-order valence-electron chi connectivity index (χ1n) is 9.50. The molecule has 0 aliphatic carbocycles. The van der Waals surface area contributed by atoms with E-state index in [4.69, 9.17) is 9.15 Å². The molecule has 0 spiro atoms. The summed E-state index contributed by atoms with van der Waals surface area (Å²) in [6, 6.07) is 6.31. The Morgan fingerprint density at radius 2 is 2.23 bits per heavy atom. The number of pyridine rings is 1. The van der Waals surface area contributed by atoms with Gasteiger partial charge in [-0.1, -0.05) is 0 Å². The molecule has 1 aliphatic rings. The van der Waals surface area contributed by atoms with Crippen LogP contribution in [0.1, 0.15) is 28.2 Å². The lowest BCUT2D eigenvalue weighted by Gasteiger charge is -2.32. The summed E-state index contributed by atoms with van der Waals surface area (Å²) >= 11 is 0. The first-order valence-corrected chi connectivity index (χ1v) is 9.50. The molecule has 30 heavy (non-hydrogen) atoms. The van der Waals surface area contributed by atoms with Gasteiger partial charge in [0.25, 0.3) is 11.8 Å². The van der Waals surface area contributed by atoms with Gasteiger partial charge in [-0.25, -0.2) is 13.2 Å². The van der Waals surface area contributed by atoms with E-state index >= 15 is 0 Å². The number of aromatic nitrogens is 1. The van der Waals surface area contributed by atoms with Crippen molar-refractivity contribution < 1.29 is 27.1 Å². The highest BCUT2D eigenvalue weighted by Gasteiger charge is 2.42. The molecule has 1 aromatic carbocycles. The number of carbonyl (C=O) groups excluding carboxylic acids is 1. The Bertz CT molecular complexity index is 1080. The van der Waals surface area contributed by atoms with Crippen molar-refractivity contribution in [3.63, 3.8) is 0 Å². The van der Waals surface area contributed by atoms with Crippen molar-refractivity contribution in [2.75, 3.05) is 13.1 Å². The first-order chi connectivity index (χ1) is 14.3. The van der Waals surface area contributed by atoms with Crippen LogP contribution in [0.5, 0.6) is 5.75 Å². The third-order valence-corrected chi connectivity index (χ3v) is 5.06. The van der Waals surface area contributed by atoms with Crippen molar-refractivity contribution in [3.8, 4) is 5.75 Å². The zero-order chi connectivity index (χ0) is 21.3. The number of alkyl halides is 2. The molecule has 4 rings (SSSR count). The zero-order valence-electron chi connectivity index (χ0n) is 16.2. The highest BCUT2D eigenvalue weighted by molar-refractivity contribution is 6.07. The quantitative estimate of drug-likeness (QED) is 0.661. The summed E-state index contributed by atoms with van der Waals surface area (Å²) in [7, 11) is 0. The van der Waals surface area contributed by atoms with Crippen molar-refractivity contribution in [1.82, 2.24) is 15.6 Å². The molecule has 1 fully saturated rings. The number of carbonyl (C=O) groups is 1. The highest BCUT2D eigenvalue weighted by Crippen LogP contribution is 2.30. The van der Waals surface area contributed by atoms with E-state index in [1.165, 1.54) is 18.3 Å². The van der Waals surface area contributed by atoms with Gasteiger partial charge in [0.15, 0.2) is 0 Å². The predicted octanol–water partition coefficient (Wildman–Crippen LogP) is 3.58. The van der Waals surface area contributed by atoms with Crippen molar-refractivity contribution >= 4 is 16.9 Å². The summed E-state index contributed by atoms with van der Waals surface area (Å²) in [5.41, 5.74) is 0.743. The van der Waals surface area contributed by atoms with Gasteiger partial charge in [0, 0.05) is 11.6 Å². The van der Waals surface area contributed by atoms with Crippen LogP contribution < -0.4 is 15.4 Å². The van der Waals surface area contributed by atoms with Crippen molar-refractivity contribution in [3.05, 3.63) is 59.4 Å². The molecule has 9 heteroatoms. The van der Waals surface area contributed by atoms with Crippen LogP contribution in [0.2, 0.25) is 0 Å². The first kappa shape index (κ1) is 20.2. The Labute approximate surface area is 170 Å². The smallest absolute Gasteiger partial charge is 0.280 e. The Kier molecular flexibility index (Phi) is 5.38. The maximum atomic E-state index is 14.1. The lowest BCUT2D eigenvalue weighted by molar-refractivity contribution is -0.0487. The van der Waals surface area contributed by atoms with Gasteiger partial charge in [0.2, 0.25) is 0 Å². The molecule has 0 bridgehead atoms. The van der Waals surface area contributed by atoms with Gasteiger partial charge in [-0.15, -0.1) is 0 Å². The topological polar surface area (TPSA) is 76.4 Å². The summed E-state index contributed by atoms with van der Waals surface area (Å²) in [4.78, 5) is 16.7. The molecule has 6 nitrogen and oxygen atoms in total. The lowest BCUT2D eigenvalue weighted by atomic mass is 10.0. The molecular weight excluding hydrogens is 399 g/mol. The standard InChI is InChI=1S/C21H20F3N3O3/c1-12-19(20(28)27-18-6-8-25-11-21(18,23)24)14-9-13(4-5-17(14)30-12)29-10-16-15(22)3-2-7-26-16/h2-5,7,9,18,25H,6,8,10-11H2,1H3,(H,27,28). The molecule has 3 aromatic rings. The van der Waals surface area contributed by atoms with E-state index in [9.17, 15) is 18.0 Å². The molecule has 158 valence electrons. The van der Waals surface area contributed by atoms with E-state index in [1.807, 2.05) is 0 Å². The number of benzene rings is 1. The summed E-state index contributed by atoms with van der Waals surface area (Å²) in [6.07, 6.45) is 1.58. The minimum absolute atomic E-state index is 0.0994. The van der Waals surface area contributed by atoms with Crippen molar-refractivity contribution in [2.24, 2.45) is 0 Å². The van der Waals surface area contributed by atoms with E-state index in [1.54, 1.807) is 25.1 Å². The Balaban J connectivity index is 1.57. The average molecular weight is 419 g/mol. The van der Waals surface area contributed by atoms with Crippen LogP contribution in [-0.4, -0.2) is 35.9 Å². The highest BCUT2D eigenvalue weighted by atomic mass is 19.3. The lowest BCUT2D eigenvalue weighted by Crippen LogP contribution is -2.57. The fourth-order valence-corrected chi connectivity index (χ4v) is 3.49. The van der Waals surface area contributed by atoms with E-state index in [0.29, 0.717) is 29.0 Å². The van der Waals surface area contributed by atoms with E-state index < -0.39 is 30.2 Å². The number of ether oxygens (including phenoxy) is 1. The molecule has 3 heterocycles. The summed E-state index contributed by atoms with van der Waals surface area (Å²) in [5, 5.41) is 5.50. The number of fused-ring (bicyclic) bond motifs is 1. The zero-order valence-corrected chi connectivity index (χ0v) is 16.2. The summed E-state index contributed by atoms with van der Waals surface area (Å²) in [6.45, 7) is 1.41. The minimum atomic E-state index is -3.04. The minimum Gasteiger partial charge on any atom is -0.487 e. The maximum Gasteiger partial charge on any atom is 0.280 e. The molecule has 2 N–H and O–H groups in total. The summed E-state index contributed by atoms with van der Waals surface area (Å²) < 4.78 is 53.1. The van der Waals surface area contributed by atoms with Crippen molar-refractivity contribution in [1.29, 1.82) is 0 Å². The maximum absolute atomic E-state index is 14.1.